The van der Waals surface area contributed by atoms with E-state index in [9.17, 15) is 28.6 Å². The lowest BCUT2D eigenvalue weighted by molar-refractivity contribution is -0.394. The molecule has 0 fully saturated rings. The van der Waals surface area contributed by atoms with E-state index in [-0.39, 0.29) is 15.1 Å². The molecule has 166 valence electrons. The van der Waals surface area contributed by atoms with Crippen molar-refractivity contribution < 1.29 is 28.0 Å². The molecular formula is C15H15ClN6O8S. The van der Waals surface area contributed by atoms with Gasteiger partial charge in [-0.1, -0.05) is 29.3 Å². The molecule has 0 aliphatic rings. The second-order valence-corrected chi connectivity index (χ2v) is 7.38. The number of nitrogens with one attached hydrogen (secondary N) is 1. The molecular weight excluding hydrogens is 460 g/mol. The third-order valence-electron chi connectivity index (χ3n) is 3.35. The number of nitrogens with two attached hydrogens (primary N) is 1. The van der Waals surface area contributed by atoms with Crippen molar-refractivity contribution in [3.8, 4) is 0 Å². The molecule has 31 heavy (non-hydrogen) atoms. The summed E-state index contributed by atoms with van der Waals surface area (Å²) in [5.41, 5.74) is 3.91. The Labute approximate surface area is 179 Å². The number of benzene rings is 2. The lowest BCUT2D eigenvalue weighted by Crippen LogP contribution is -2.29. The highest BCUT2D eigenvalue weighted by Crippen LogP contribution is 2.33. The average molecular weight is 475 g/mol. The number of aryl methyl sites for hydroxylation is 1. The van der Waals surface area contributed by atoms with E-state index < -0.39 is 42.9 Å². The second-order valence-electron chi connectivity index (χ2n) is 5.55. The molecule has 0 bridgehead atoms. The molecule has 0 unspecified atom stereocenters. The van der Waals surface area contributed by atoms with Crippen molar-refractivity contribution in [2.24, 2.45) is 10.8 Å². The van der Waals surface area contributed by atoms with Gasteiger partial charge in [-0.25, -0.2) is 0 Å². The molecule has 0 aromatic heterocycles. The Morgan fingerprint density at radius 3 is 2.16 bits per heavy atom. The summed E-state index contributed by atoms with van der Waals surface area (Å²) in [6, 6.07) is 7.94. The highest BCUT2D eigenvalue weighted by Gasteiger charge is 2.27. The Morgan fingerprint density at radius 1 is 1.19 bits per heavy atom. The van der Waals surface area contributed by atoms with E-state index in [4.69, 9.17) is 32.5 Å². The van der Waals surface area contributed by atoms with Crippen LogP contribution in [-0.4, -0.2) is 45.4 Å². The zero-order chi connectivity index (χ0) is 23.9. The highest BCUT2D eigenvalue weighted by atomic mass is 35.5. The van der Waals surface area contributed by atoms with Gasteiger partial charge in [0.1, 0.15) is 5.02 Å². The average Bonchev–Trinajstić information content (AvgIpc) is 2.65. The van der Waals surface area contributed by atoms with Gasteiger partial charge < -0.3 is 5.73 Å². The summed E-state index contributed by atoms with van der Waals surface area (Å²) in [7, 11) is -4.02. The molecule has 0 saturated heterocycles. The zero-order valence-electron chi connectivity index (χ0n) is 15.5. The van der Waals surface area contributed by atoms with E-state index in [2.05, 4.69) is 5.10 Å². The van der Waals surface area contributed by atoms with Crippen molar-refractivity contribution in [2.75, 3.05) is 0 Å². The number of nitro groups is 2. The third-order valence-corrected chi connectivity index (χ3v) is 4.53. The predicted molar refractivity (Wildman–Crippen MR) is 109 cm³/mol. The molecule has 0 aliphatic heterocycles. The Balaban J connectivity index is 0.000000367. The van der Waals surface area contributed by atoms with Gasteiger partial charge in [-0.2, -0.15) is 13.5 Å². The maximum Gasteiger partial charge on any atom is 0.303 e. The van der Waals surface area contributed by atoms with Gasteiger partial charge in [0, 0.05) is 6.07 Å². The summed E-state index contributed by atoms with van der Waals surface area (Å²) < 4.78 is 29.6. The first-order chi connectivity index (χ1) is 14.3. The van der Waals surface area contributed by atoms with Gasteiger partial charge in [0.05, 0.1) is 21.0 Å². The monoisotopic (exact) mass is 474 g/mol. The van der Waals surface area contributed by atoms with Gasteiger partial charge in [0.2, 0.25) is 5.96 Å². The molecule has 0 aliphatic carbocycles. The van der Waals surface area contributed by atoms with Gasteiger partial charge in [0.25, 0.3) is 15.8 Å². The van der Waals surface area contributed by atoms with Crippen molar-refractivity contribution in [3.05, 3.63) is 72.8 Å². The number of hydroxylamine groups is 1. The number of hydrogen-bond acceptors (Lipinski definition) is 9. The van der Waals surface area contributed by atoms with Crippen molar-refractivity contribution in [3.63, 3.8) is 0 Å². The minimum atomic E-state index is -4.02. The van der Waals surface area contributed by atoms with Crippen LogP contribution in [0.2, 0.25) is 5.02 Å². The smallest absolute Gasteiger partial charge is 0.303 e. The molecule has 2 rings (SSSR count). The van der Waals surface area contributed by atoms with Crippen molar-refractivity contribution in [2.45, 2.75) is 11.8 Å². The quantitative estimate of drug-likeness (QED) is 0.162. The number of nitro benzene ring substituents is 2. The van der Waals surface area contributed by atoms with Crippen molar-refractivity contribution in [1.29, 1.82) is 5.41 Å². The maximum absolute atomic E-state index is 10.9. The fourth-order valence-corrected chi connectivity index (χ4v) is 2.64. The summed E-state index contributed by atoms with van der Waals surface area (Å²) >= 11 is 5.61. The highest BCUT2D eigenvalue weighted by molar-refractivity contribution is 7.85. The fourth-order valence-electron chi connectivity index (χ4n) is 1.93. The molecule has 2 aromatic rings. The second kappa shape index (κ2) is 10.4. The van der Waals surface area contributed by atoms with Crippen LogP contribution in [-0.2, 0) is 10.1 Å². The summed E-state index contributed by atoms with van der Waals surface area (Å²) in [4.78, 5) is 19.8. The summed E-state index contributed by atoms with van der Waals surface area (Å²) in [6.07, 6.45) is 0.615. The van der Waals surface area contributed by atoms with Crippen LogP contribution in [0, 0.1) is 32.6 Å². The molecule has 14 nitrogen and oxygen atoms in total. The Morgan fingerprint density at radius 2 is 1.74 bits per heavy atom. The zero-order valence-corrected chi connectivity index (χ0v) is 17.1. The van der Waals surface area contributed by atoms with Gasteiger partial charge in [-0.15, -0.1) is 5.17 Å². The standard InChI is InChI=1S/C8H7ClN6O5.C7H8O3S/c9-5-1-2-6(14(17)18)4(7(5)15(19)20)3-12-13(16)8(10)11;1-6-2-4-7(5-3-6)11(8,9)10/h1-3,16H,(H3,10,11);2-5H,1H3,(H,8,9,10)/b12-3+;. The van der Waals surface area contributed by atoms with E-state index in [1.165, 1.54) is 12.1 Å². The SMILES string of the molecule is Cc1ccc(S(=O)(=O)O)cc1.N=C(N)N(O)/N=C/c1c([N+](=O)[O-])ccc(Cl)c1[N+](=O)[O-]. The number of hydrogen-bond donors (Lipinski definition) is 4. The molecule has 5 N–H and O–H groups in total. The van der Waals surface area contributed by atoms with Gasteiger partial charge >= 0.3 is 5.69 Å². The number of halogens is 1. The first kappa shape index (κ1) is 25.4. The molecule has 0 heterocycles. The number of guanidine groups is 1. The lowest BCUT2D eigenvalue weighted by atomic mass is 10.1. The van der Waals surface area contributed by atoms with E-state index in [1.54, 1.807) is 12.1 Å². The molecule has 0 atom stereocenters. The van der Waals surface area contributed by atoms with Crippen LogP contribution >= 0.6 is 11.6 Å². The molecule has 0 saturated carbocycles. The van der Waals surface area contributed by atoms with Gasteiger partial charge in [0.15, 0.2) is 5.56 Å². The van der Waals surface area contributed by atoms with Crippen molar-refractivity contribution >= 4 is 45.3 Å². The van der Waals surface area contributed by atoms with Gasteiger partial charge in [-0.3, -0.25) is 35.4 Å². The largest absolute Gasteiger partial charge is 0.367 e. The maximum atomic E-state index is 10.9. The Kier molecular flexibility index (Phi) is 8.51. The molecule has 16 heteroatoms. The van der Waals surface area contributed by atoms with Crippen LogP contribution in [0.5, 0.6) is 0 Å². The number of nitrogens with zero attached hydrogens (tertiary/aromatic N) is 4. The van der Waals surface area contributed by atoms with E-state index in [1.807, 2.05) is 6.92 Å². The molecule has 0 spiro atoms. The topological polar surface area (TPSA) is 226 Å². The van der Waals surface area contributed by atoms with E-state index >= 15 is 0 Å². The number of rotatable bonds is 5. The lowest BCUT2D eigenvalue weighted by Gasteiger charge is -2.06. The normalized spacial score (nSPS) is 10.8. The van der Waals surface area contributed by atoms with Gasteiger partial charge in [-0.05, 0) is 25.1 Å². The van der Waals surface area contributed by atoms with Crippen LogP contribution in [0.25, 0.3) is 0 Å². The summed E-state index contributed by atoms with van der Waals surface area (Å²) in [5.74, 6) is -0.881. The summed E-state index contributed by atoms with van der Waals surface area (Å²) in [5, 5.41) is 40.3. The first-order valence-electron chi connectivity index (χ1n) is 7.78. The van der Waals surface area contributed by atoms with Crippen LogP contribution < -0.4 is 5.73 Å². The Bertz CT molecular complexity index is 1140. The van der Waals surface area contributed by atoms with Crippen LogP contribution in [0.4, 0.5) is 11.4 Å². The van der Waals surface area contributed by atoms with Crippen LogP contribution in [0.1, 0.15) is 11.1 Å². The minimum Gasteiger partial charge on any atom is -0.367 e. The molecule has 0 amide bonds. The van der Waals surface area contributed by atoms with Crippen molar-refractivity contribution in [1.82, 2.24) is 5.17 Å². The third kappa shape index (κ3) is 7.27. The number of hydrazone groups is 1. The van der Waals surface area contributed by atoms with Crippen LogP contribution in [0.15, 0.2) is 46.4 Å². The predicted octanol–water partition coefficient (Wildman–Crippen LogP) is 2.32. The van der Waals surface area contributed by atoms with Crippen LogP contribution in [0.3, 0.4) is 0 Å². The fraction of sp³-hybridized carbons (Fsp3) is 0.0667. The molecule has 2 aromatic carbocycles. The van der Waals surface area contributed by atoms with E-state index in [0.29, 0.717) is 6.21 Å². The Hall–Kier alpha value is -3.66. The minimum absolute atomic E-state index is 0.0666. The molecule has 0 radical (unpaired) electrons. The van der Waals surface area contributed by atoms with E-state index in [0.717, 1.165) is 17.7 Å². The first-order valence-corrected chi connectivity index (χ1v) is 9.60. The summed E-state index contributed by atoms with van der Waals surface area (Å²) in [6.45, 7) is 1.84.